The largest absolute Gasteiger partial charge is 0.419 e. The monoisotopic (exact) mass is 159 g/mol. The van der Waals surface area contributed by atoms with Crippen molar-refractivity contribution in [3.8, 4) is 0 Å². The van der Waals surface area contributed by atoms with Crippen LogP contribution in [0.5, 0.6) is 0 Å². The lowest BCUT2D eigenvalue weighted by Gasteiger charge is -2.08. The molecule has 0 radical (unpaired) electrons. The Morgan fingerprint density at radius 1 is 1.42 bits per heavy atom. The maximum absolute atomic E-state index is 5.55. The van der Waals surface area contributed by atoms with Crippen molar-refractivity contribution in [2.45, 2.75) is 18.6 Å². The van der Waals surface area contributed by atoms with E-state index in [9.17, 15) is 0 Å². The lowest BCUT2D eigenvalue weighted by Crippen LogP contribution is -2.17. The van der Waals surface area contributed by atoms with Gasteiger partial charge in [-0.2, -0.15) is 0 Å². The van der Waals surface area contributed by atoms with Gasteiger partial charge in [0.05, 0.1) is 6.10 Å². The Bertz CT molecular complexity index is 315. The predicted octanol–water partition coefficient (Wildman–Crippen LogP) is 0.539. The van der Waals surface area contributed by atoms with Crippen molar-refractivity contribution in [3.63, 3.8) is 0 Å². The molecule has 0 amide bonds. The van der Waals surface area contributed by atoms with Gasteiger partial charge < -0.3 is 9.88 Å². The molecule has 0 spiro atoms. The normalized spacial score (nSPS) is 31.0. The number of benzene rings is 1. The molecule has 1 aromatic rings. The summed E-state index contributed by atoms with van der Waals surface area (Å²) in [6.45, 7) is 0. The van der Waals surface area contributed by atoms with Gasteiger partial charge in [0.25, 0.3) is 0 Å². The average molecular weight is 159 g/mol. The Hall–Kier alpha value is -0.795. The smallest absolute Gasteiger partial charge is 0.361 e. The minimum atomic E-state index is 0.391. The molecule has 2 nitrogen and oxygen atoms in total. The molecule has 2 atom stereocenters. The summed E-state index contributed by atoms with van der Waals surface area (Å²) in [5, 5.41) is 3.35. The molecule has 2 unspecified atom stereocenters. The van der Waals surface area contributed by atoms with Crippen molar-refractivity contribution in [3.05, 3.63) is 35.4 Å². The zero-order valence-electron chi connectivity index (χ0n) is 6.79. The number of nitrogens with one attached hydrogen (secondary N) is 1. The van der Waals surface area contributed by atoms with E-state index >= 15 is 0 Å². The average Bonchev–Trinajstić information content (AvgIpc) is 2.62. The molecule has 0 saturated carbocycles. The van der Waals surface area contributed by atoms with Crippen LogP contribution in [0.2, 0.25) is 0 Å². The van der Waals surface area contributed by atoms with E-state index in [-0.39, 0.29) is 0 Å². The van der Waals surface area contributed by atoms with Gasteiger partial charge in [-0.05, 0) is 17.5 Å². The second-order valence-electron chi connectivity index (χ2n) is 3.43. The van der Waals surface area contributed by atoms with Gasteiger partial charge in [0, 0.05) is 6.04 Å². The first kappa shape index (κ1) is 6.69. The van der Waals surface area contributed by atoms with E-state index in [0.717, 1.165) is 6.42 Å². The Morgan fingerprint density at radius 3 is 3.33 bits per heavy atom. The quantitative estimate of drug-likeness (QED) is 0.557. The van der Waals surface area contributed by atoms with Crippen molar-refractivity contribution in [2.75, 3.05) is 0 Å². The van der Waals surface area contributed by atoms with E-state index in [1.165, 1.54) is 11.1 Å². The van der Waals surface area contributed by atoms with Gasteiger partial charge in [0.15, 0.2) is 0 Å². The van der Waals surface area contributed by atoms with Crippen LogP contribution in [0.4, 0.5) is 0 Å². The molecule has 3 rings (SSSR count). The topological polar surface area (TPSA) is 21.3 Å². The molecule has 0 bridgehead atoms. The molecule has 1 N–H and O–H groups in total. The zero-order chi connectivity index (χ0) is 7.97. The first-order chi connectivity index (χ1) is 5.95. The highest BCUT2D eigenvalue weighted by Crippen LogP contribution is 2.34. The van der Waals surface area contributed by atoms with Crippen LogP contribution < -0.4 is 5.23 Å². The van der Waals surface area contributed by atoms with Gasteiger partial charge in [0.1, 0.15) is 0 Å². The minimum Gasteiger partial charge on any atom is -0.419 e. The van der Waals surface area contributed by atoms with Gasteiger partial charge >= 0.3 is 7.62 Å². The maximum Gasteiger partial charge on any atom is 0.361 e. The summed E-state index contributed by atoms with van der Waals surface area (Å²) in [5.41, 5.74) is 2.87. The Balaban J connectivity index is 2.09. The molecule has 1 aliphatic heterocycles. The molecule has 12 heavy (non-hydrogen) atoms. The van der Waals surface area contributed by atoms with Crippen LogP contribution >= 0.6 is 0 Å². The summed E-state index contributed by atoms with van der Waals surface area (Å²) >= 11 is 0. The fraction of sp³-hybridized carbons (Fsp3) is 0.333. The first-order valence-corrected chi connectivity index (χ1v) is 4.38. The summed E-state index contributed by atoms with van der Waals surface area (Å²) in [5.74, 6) is 0. The molecule has 1 aromatic carbocycles. The molecular weight excluding hydrogens is 149 g/mol. The van der Waals surface area contributed by atoms with Crippen LogP contribution in [0.25, 0.3) is 0 Å². The van der Waals surface area contributed by atoms with Gasteiger partial charge in [-0.15, -0.1) is 0 Å². The molecule has 2 aliphatic rings. The number of hydrogen-bond acceptors (Lipinski definition) is 2. The van der Waals surface area contributed by atoms with Crippen LogP contribution in [0.15, 0.2) is 24.3 Å². The van der Waals surface area contributed by atoms with Gasteiger partial charge in [0.2, 0.25) is 0 Å². The van der Waals surface area contributed by atoms with Crippen molar-refractivity contribution in [2.24, 2.45) is 0 Å². The lowest BCUT2D eigenvalue weighted by atomic mass is 10.1. The molecular formula is C9H10BNO. The van der Waals surface area contributed by atoms with E-state index in [0.29, 0.717) is 19.8 Å². The third kappa shape index (κ3) is 0.779. The van der Waals surface area contributed by atoms with E-state index in [1.807, 2.05) is 0 Å². The van der Waals surface area contributed by atoms with Crippen molar-refractivity contribution in [1.29, 1.82) is 0 Å². The third-order valence-corrected chi connectivity index (χ3v) is 2.78. The van der Waals surface area contributed by atoms with E-state index in [4.69, 9.17) is 4.65 Å². The summed E-state index contributed by atoms with van der Waals surface area (Å²) < 4.78 is 5.55. The van der Waals surface area contributed by atoms with Gasteiger partial charge in [-0.1, -0.05) is 24.3 Å². The predicted molar refractivity (Wildman–Crippen MR) is 48.0 cm³/mol. The van der Waals surface area contributed by atoms with E-state index in [1.54, 1.807) is 0 Å². The van der Waals surface area contributed by atoms with Crippen LogP contribution in [0.1, 0.15) is 17.2 Å². The SMILES string of the molecule is B1NC2c3ccccc3CC2O1. The third-order valence-electron chi connectivity index (χ3n) is 2.78. The van der Waals surface area contributed by atoms with Crippen LogP contribution in [-0.2, 0) is 11.1 Å². The standard InChI is InChI=1S/C9H10BNO/c1-2-4-7-6(3-1)5-8-9(7)11-10-12-8/h1-4,8-11H,5H2. The Labute approximate surface area is 72.2 Å². The van der Waals surface area contributed by atoms with E-state index < -0.39 is 0 Å². The molecule has 1 heterocycles. The number of hydrogen-bond donors (Lipinski definition) is 1. The number of fused-ring (bicyclic) bond motifs is 3. The second-order valence-corrected chi connectivity index (χ2v) is 3.43. The molecule has 1 fully saturated rings. The minimum absolute atomic E-state index is 0.391. The summed E-state index contributed by atoms with van der Waals surface area (Å²) in [6.07, 6.45) is 1.47. The Kier molecular flexibility index (Phi) is 1.31. The van der Waals surface area contributed by atoms with Crippen molar-refractivity contribution in [1.82, 2.24) is 5.23 Å². The van der Waals surface area contributed by atoms with Crippen molar-refractivity contribution < 1.29 is 4.65 Å². The zero-order valence-corrected chi connectivity index (χ0v) is 6.79. The summed E-state index contributed by atoms with van der Waals surface area (Å²) in [4.78, 5) is 0. The fourth-order valence-corrected chi connectivity index (χ4v) is 2.20. The maximum atomic E-state index is 5.55. The van der Waals surface area contributed by atoms with Gasteiger partial charge in [-0.3, -0.25) is 0 Å². The molecule has 1 saturated heterocycles. The molecule has 0 aromatic heterocycles. The fourth-order valence-electron chi connectivity index (χ4n) is 2.20. The van der Waals surface area contributed by atoms with E-state index in [2.05, 4.69) is 29.5 Å². The lowest BCUT2D eigenvalue weighted by molar-refractivity contribution is 0.232. The highest BCUT2D eigenvalue weighted by Gasteiger charge is 2.36. The van der Waals surface area contributed by atoms with Crippen LogP contribution in [-0.4, -0.2) is 13.7 Å². The number of rotatable bonds is 0. The Morgan fingerprint density at radius 2 is 2.33 bits per heavy atom. The summed E-state index contributed by atoms with van der Waals surface area (Å²) in [6, 6.07) is 9.04. The highest BCUT2D eigenvalue weighted by molar-refractivity contribution is 6.24. The van der Waals surface area contributed by atoms with Gasteiger partial charge in [-0.25, -0.2) is 0 Å². The highest BCUT2D eigenvalue weighted by atomic mass is 16.5. The van der Waals surface area contributed by atoms with Crippen LogP contribution in [0, 0.1) is 0 Å². The van der Waals surface area contributed by atoms with Crippen LogP contribution in [0.3, 0.4) is 0 Å². The summed E-state index contributed by atoms with van der Waals surface area (Å²) in [7, 11) is 0.712. The second kappa shape index (κ2) is 2.34. The molecule has 1 aliphatic carbocycles. The molecule has 60 valence electrons. The van der Waals surface area contributed by atoms with Crippen molar-refractivity contribution >= 4 is 7.62 Å². The first-order valence-electron chi connectivity index (χ1n) is 4.38. The molecule has 3 heteroatoms.